The van der Waals surface area contributed by atoms with Gasteiger partial charge >= 0.3 is 6.09 Å². The minimum atomic E-state index is -0.506. The third kappa shape index (κ3) is 3.22. The van der Waals surface area contributed by atoms with Crippen LogP contribution in [0.25, 0.3) is 0 Å². The fraction of sp³-hybridized carbons (Fsp3) is 0.667. The number of amides is 1. The van der Waals surface area contributed by atoms with Crippen LogP contribution < -0.4 is 5.73 Å². The largest absolute Gasteiger partial charge is 0.444 e. The summed E-state index contributed by atoms with van der Waals surface area (Å²) in [6, 6.07) is -0.198. The summed E-state index contributed by atoms with van der Waals surface area (Å²) < 4.78 is 5.32. The molecule has 0 bridgehead atoms. The molecule has 0 aromatic heterocycles. The highest BCUT2D eigenvalue weighted by Crippen LogP contribution is 2.22. The van der Waals surface area contributed by atoms with Gasteiger partial charge in [-0.2, -0.15) is 0 Å². The van der Waals surface area contributed by atoms with Gasteiger partial charge in [-0.15, -0.1) is 0 Å². The molecule has 96 valence electrons. The number of ether oxygens (including phenoxy) is 1. The van der Waals surface area contributed by atoms with Gasteiger partial charge in [-0.1, -0.05) is 0 Å². The summed E-state index contributed by atoms with van der Waals surface area (Å²) >= 11 is 0. The van der Waals surface area contributed by atoms with Crippen LogP contribution in [0.2, 0.25) is 0 Å². The van der Waals surface area contributed by atoms with E-state index in [-0.39, 0.29) is 12.1 Å². The summed E-state index contributed by atoms with van der Waals surface area (Å²) in [7, 11) is 0. The molecule has 0 saturated heterocycles. The van der Waals surface area contributed by atoms with Crippen molar-refractivity contribution in [2.45, 2.75) is 45.8 Å². The number of nitrogens with zero attached hydrogens (tertiary/aromatic N) is 1. The summed E-state index contributed by atoms with van der Waals surface area (Å²) in [5.41, 5.74) is 6.70. The Morgan fingerprint density at radius 3 is 2.65 bits per heavy atom. The van der Waals surface area contributed by atoms with E-state index in [1.54, 1.807) is 4.90 Å². The van der Waals surface area contributed by atoms with Crippen LogP contribution in [-0.4, -0.2) is 35.4 Å². The first-order valence-electron chi connectivity index (χ1n) is 5.75. The SMILES string of the molecule is C[C@@H]1C(C=N)=C(N)CCN1C(=O)OC(C)(C)C. The van der Waals surface area contributed by atoms with Gasteiger partial charge in [0.1, 0.15) is 5.60 Å². The molecule has 3 N–H and O–H groups in total. The second-order valence-corrected chi connectivity index (χ2v) is 5.22. The van der Waals surface area contributed by atoms with Crippen LogP contribution in [0.5, 0.6) is 0 Å². The summed E-state index contributed by atoms with van der Waals surface area (Å²) in [4.78, 5) is 13.6. The van der Waals surface area contributed by atoms with Crippen LogP contribution in [0.15, 0.2) is 11.3 Å². The first-order valence-corrected chi connectivity index (χ1v) is 5.75. The molecule has 5 nitrogen and oxygen atoms in total. The summed E-state index contributed by atoms with van der Waals surface area (Å²) in [5, 5.41) is 7.33. The molecule has 0 saturated carbocycles. The summed E-state index contributed by atoms with van der Waals surface area (Å²) in [6.07, 6.45) is 1.46. The number of rotatable bonds is 1. The van der Waals surface area contributed by atoms with Gasteiger partial charge in [0.25, 0.3) is 0 Å². The number of nitrogens with two attached hydrogens (primary N) is 1. The fourth-order valence-corrected chi connectivity index (χ4v) is 1.80. The Balaban J connectivity index is 2.82. The Kier molecular flexibility index (Phi) is 3.80. The molecular formula is C12H21N3O2. The first kappa shape index (κ1) is 13.5. The maximum absolute atomic E-state index is 12.0. The highest BCUT2D eigenvalue weighted by Gasteiger charge is 2.31. The van der Waals surface area contributed by atoms with Crippen LogP contribution in [0, 0.1) is 5.41 Å². The standard InChI is InChI=1S/C12H21N3O2/c1-8-9(7-13)10(14)5-6-15(8)11(16)17-12(2,3)4/h7-8,13H,5-6,14H2,1-4H3/t8-/m1/s1. The normalized spacial score (nSPS) is 21.4. The third-order valence-corrected chi connectivity index (χ3v) is 2.69. The van der Waals surface area contributed by atoms with Gasteiger partial charge in [0.2, 0.25) is 0 Å². The number of carbonyl (C=O) groups is 1. The van der Waals surface area contributed by atoms with Crippen LogP contribution in [-0.2, 0) is 4.74 Å². The van der Waals surface area contributed by atoms with Gasteiger partial charge in [0, 0.05) is 30.5 Å². The van der Waals surface area contributed by atoms with E-state index in [0.29, 0.717) is 24.2 Å². The molecule has 1 heterocycles. The average molecular weight is 239 g/mol. The molecule has 1 aliphatic heterocycles. The lowest BCUT2D eigenvalue weighted by molar-refractivity contribution is 0.0197. The smallest absolute Gasteiger partial charge is 0.410 e. The molecule has 0 aromatic carbocycles. The van der Waals surface area contributed by atoms with E-state index in [2.05, 4.69) is 0 Å². The zero-order valence-corrected chi connectivity index (χ0v) is 10.9. The second kappa shape index (κ2) is 4.77. The maximum Gasteiger partial charge on any atom is 0.410 e. The van der Waals surface area contributed by atoms with Crippen molar-refractivity contribution in [2.24, 2.45) is 5.73 Å². The van der Waals surface area contributed by atoms with Crippen molar-refractivity contribution in [3.05, 3.63) is 11.3 Å². The molecular weight excluding hydrogens is 218 g/mol. The Hall–Kier alpha value is -1.52. The topological polar surface area (TPSA) is 79.4 Å². The van der Waals surface area contributed by atoms with Crippen molar-refractivity contribution in [3.63, 3.8) is 0 Å². The second-order valence-electron chi connectivity index (χ2n) is 5.22. The molecule has 0 unspecified atom stereocenters. The maximum atomic E-state index is 12.0. The van der Waals surface area contributed by atoms with Crippen molar-refractivity contribution in [1.82, 2.24) is 4.90 Å². The number of carbonyl (C=O) groups excluding carboxylic acids is 1. The first-order chi connectivity index (χ1) is 7.76. The number of hydrogen-bond donors (Lipinski definition) is 2. The monoisotopic (exact) mass is 239 g/mol. The molecule has 5 heteroatoms. The molecule has 17 heavy (non-hydrogen) atoms. The van der Waals surface area contributed by atoms with Gasteiger partial charge in [-0.05, 0) is 27.7 Å². The molecule has 1 aliphatic rings. The predicted molar refractivity (Wildman–Crippen MR) is 67.0 cm³/mol. The molecule has 0 aliphatic carbocycles. The molecule has 0 fully saturated rings. The molecule has 0 radical (unpaired) electrons. The predicted octanol–water partition coefficient (Wildman–Crippen LogP) is 1.88. The minimum Gasteiger partial charge on any atom is -0.444 e. The lowest BCUT2D eigenvalue weighted by Crippen LogP contribution is -2.47. The molecule has 0 spiro atoms. The quantitative estimate of drug-likeness (QED) is 0.686. The van der Waals surface area contributed by atoms with E-state index in [0.717, 1.165) is 0 Å². The Bertz CT molecular complexity index is 355. The van der Waals surface area contributed by atoms with Gasteiger partial charge < -0.3 is 20.8 Å². The molecule has 1 atom stereocenters. The summed E-state index contributed by atoms with van der Waals surface area (Å²) in [5.74, 6) is 0. The zero-order valence-electron chi connectivity index (χ0n) is 10.9. The van der Waals surface area contributed by atoms with Gasteiger partial charge in [-0.3, -0.25) is 0 Å². The lowest BCUT2D eigenvalue weighted by atomic mass is 10.00. The summed E-state index contributed by atoms with van der Waals surface area (Å²) in [6.45, 7) is 7.90. The van der Waals surface area contributed by atoms with Crippen LogP contribution in [0.4, 0.5) is 4.79 Å². The fourth-order valence-electron chi connectivity index (χ4n) is 1.80. The van der Waals surface area contributed by atoms with Gasteiger partial charge in [0.05, 0.1) is 6.04 Å². The van der Waals surface area contributed by atoms with Crippen LogP contribution >= 0.6 is 0 Å². The van der Waals surface area contributed by atoms with E-state index in [1.165, 1.54) is 6.21 Å². The third-order valence-electron chi connectivity index (χ3n) is 2.69. The molecule has 0 aromatic rings. The van der Waals surface area contributed by atoms with E-state index in [1.807, 2.05) is 27.7 Å². The van der Waals surface area contributed by atoms with Crippen molar-refractivity contribution in [3.8, 4) is 0 Å². The van der Waals surface area contributed by atoms with Crippen molar-refractivity contribution in [1.29, 1.82) is 5.41 Å². The van der Waals surface area contributed by atoms with E-state index in [4.69, 9.17) is 15.9 Å². The highest BCUT2D eigenvalue weighted by molar-refractivity contribution is 5.81. The number of nitrogens with one attached hydrogen (secondary N) is 1. The zero-order chi connectivity index (χ0) is 13.2. The Morgan fingerprint density at radius 2 is 2.18 bits per heavy atom. The molecule has 1 amide bonds. The van der Waals surface area contributed by atoms with E-state index in [9.17, 15) is 4.79 Å². The van der Waals surface area contributed by atoms with Gasteiger partial charge in [-0.25, -0.2) is 4.79 Å². The minimum absolute atomic E-state index is 0.198. The van der Waals surface area contributed by atoms with Crippen LogP contribution in [0.3, 0.4) is 0 Å². The average Bonchev–Trinajstić information content (AvgIpc) is 2.15. The highest BCUT2D eigenvalue weighted by atomic mass is 16.6. The van der Waals surface area contributed by atoms with Crippen molar-refractivity contribution >= 4 is 12.3 Å². The van der Waals surface area contributed by atoms with Gasteiger partial charge in [0.15, 0.2) is 0 Å². The van der Waals surface area contributed by atoms with Crippen molar-refractivity contribution in [2.75, 3.05) is 6.54 Å². The molecule has 1 rings (SSSR count). The number of hydrogen-bond acceptors (Lipinski definition) is 4. The Morgan fingerprint density at radius 1 is 1.59 bits per heavy atom. The lowest BCUT2D eigenvalue weighted by Gasteiger charge is -2.35. The van der Waals surface area contributed by atoms with E-state index >= 15 is 0 Å². The Labute approximate surface area is 102 Å². The van der Waals surface area contributed by atoms with E-state index < -0.39 is 5.60 Å². The van der Waals surface area contributed by atoms with Crippen LogP contribution in [0.1, 0.15) is 34.1 Å². The van der Waals surface area contributed by atoms with Crippen molar-refractivity contribution < 1.29 is 9.53 Å².